The van der Waals surface area contributed by atoms with E-state index >= 15 is 0 Å². The third-order valence-electron chi connectivity index (χ3n) is 2.65. The summed E-state index contributed by atoms with van der Waals surface area (Å²) < 4.78 is 0.884. The van der Waals surface area contributed by atoms with Gasteiger partial charge in [-0.05, 0) is 47.8 Å². The van der Waals surface area contributed by atoms with Gasteiger partial charge in [-0.1, -0.05) is 12.1 Å². The molecule has 0 spiro atoms. The minimum atomic E-state index is 0.0631. The van der Waals surface area contributed by atoms with Crippen molar-refractivity contribution in [2.45, 2.75) is 20.3 Å². The Morgan fingerprint density at radius 3 is 2.76 bits per heavy atom. The van der Waals surface area contributed by atoms with E-state index in [1.54, 1.807) is 0 Å². The second-order valence-electron chi connectivity index (χ2n) is 3.86. The van der Waals surface area contributed by atoms with Crippen LogP contribution in [-0.2, 0) is 0 Å². The summed E-state index contributed by atoms with van der Waals surface area (Å²) in [6, 6.07) is 5.74. The summed E-state index contributed by atoms with van der Waals surface area (Å²) >= 11 is 9.14. The zero-order valence-corrected chi connectivity index (χ0v) is 12.5. The lowest BCUT2D eigenvalue weighted by Gasteiger charge is -2.21. The van der Waals surface area contributed by atoms with Gasteiger partial charge in [0.05, 0.1) is 5.56 Å². The van der Waals surface area contributed by atoms with Gasteiger partial charge in [-0.3, -0.25) is 4.79 Å². The minimum Gasteiger partial charge on any atom is -0.339 e. The summed E-state index contributed by atoms with van der Waals surface area (Å²) in [6.45, 7) is 5.38. The van der Waals surface area contributed by atoms with Crippen molar-refractivity contribution in [1.82, 2.24) is 4.90 Å². The van der Waals surface area contributed by atoms with Gasteiger partial charge in [0.25, 0.3) is 5.91 Å². The molecular formula is C13H17BrClNO. The van der Waals surface area contributed by atoms with Crippen molar-refractivity contribution in [2.75, 3.05) is 19.0 Å². The summed E-state index contributed by atoms with van der Waals surface area (Å²) in [5.74, 6) is 0.645. The molecule has 1 amide bonds. The second-order valence-corrected chi connectivity index (χ2v) is 5.03. The summed E-state index contributed by atoms with van der Waals surface area (Å²) in [6.07, 6.45) is 0.824. The van der Waals surface area contributed by atoms with Crippen LogP contribution in [0.2, 0.25) is 0 Å². The normalized spacial score (nSPS) is 10.4. The number of hydrogen-bond donors (Lipinski definition) is 0. The van der Waals surface area contributed by atoms with Crippen LogP contribution >= 0.6 is 27.5 Å². The van der Waals surface area contributed by atoms with Crippen molar-refractivity contribution in [3.63, 3.8) is 0 Å². The highest BCUT2D eigenvalue weighted by Crippen LogP contribution is 2.22. The quantitative estimate of drug-likeness (QED) is 0.755. The van der Waals surface area contributed by atoms with Gasteiger partial charge in [-0.2, -0.15) is 0 Å². The third-order valence-corrected chi connectivity index (χ3v) is 3.97. The fraction of sp³-hybridized carbons (Fsp3) is 0.462. The molecule has 0 aliphatic heterocycles. The molecule has 0 aliphatic rings. The Kier molecular flexibility index (Phi) is 6.00. The maximum absolute atomic E-state index is 12.3. The molecule has 1 aromatic rings. The van der Waals surface area contributed by atoms with Gasteiger partial charge in [0.2, 0.25) is 0 Å². The number of carbonyl (C=O) groups excluding carboxylic acids is 1. The lowest BCUT2D eigenvalue weighted by molar-refractivity contribution is 0.0764. The lowest BCUT2D eigenvalue weighted by atomic mass is 10.1. The van der Waals surface area contributed by atoms with Crippen molar-refractivity contribution in [1.29, 1.82) is 0 Å². The molecule has 0 aliphatic carbocycles. The Balaban J connectivity index is 2.90. The molecule has 0 heterocycles. The Morgan fingerprint density at radius 2 is 2.18 bits per heavy atom. The number of alkyl halides is 1. The maximum Gasteiger partial charge on any atom is 0.254 e. The number of aryl methyl sites for hydroxylation is 1. The van der Waals surface area contributed by atoms with Gasteiger partial charge in [-0.25, -0.2) is 0 Å². The van der Waals surface area contributed by atoms with E-state index in [9.17, 15) is 4.79 Å². The fourth-order valence-corrected chi connectivity index (χ4v) is 2.19. The molecule has 4 heteroatoms. The second kappa shape index (κ2) is 7.02. The molecule has 0 saturated heterocycles. The van der Waals surface area contributed by atoms with Gasteiger partial charge in [-0.15, -0.1) is 11.6 Å². The Hall–Kier alpha value is -0.540. The Labute approximate surface area is 116 Å². The van der Waals surface area contributed by atoms with Crippen LogP contribution < -0.4 is 0 Å². The van der Waals surface area contributed by atoms with Crippen LogP contribution in [0.4, 0.5) is 0 Å². The molecule has 1 rings (SSSR count). The molecule has 0 bridgehead atoms. The third kappa shape index (κ3) is 3.71. The highest BCUT2D eigenvalue weighted by molar-refractivity contribution is 9.10. The lowest BCUT2D eigenvalue weighted by Crippen LogP contribution is -2.32. The van der Waals surface area contributed by atoms with Crippen molar-refractivity contribution in [3.05, 3.63) is 33.8 Å². The van der Waals surface area contributed by atoms with E-state index in [0.29, 0.717) is 19.0 Å². The average Bonchev–Trinajstić information content (AvgIpc) is 2.33. The first-order chi connectivity index (χ1) is 8.11. The van der Waals surface area contributed by atoms with Crippen molar-refractivity contribution < 1.29 is 4.79 Å². The molecule has 0 fully saturated rings. The van der Waals surface area contributed by atoms with E-state index in [1.165, 1.54) is 0 Å². The predicted molar refractivity (Wildman–Crippen MR) is 75.8 cm³/mol. The van der Waals surface area contributed by atoms with Gasteiger partial charge < -0.3 is 4.90 Å². The van der Waals surface area contributed by atoms with Crippen LogP contribution in [0, 0.1) is 6.92 Å². The number of rotatable bonds is 5. The summed E-state index contributed by atoms with van der Waals surface area (Å²) in [7, 11) is 0. The maximum atomic E-state index is 12.3. The fourth-order valence-electron chi connectivity index (χ4n) is 1.64. The molecule has 0 saturated carbocycles. The van der Waals surface area contributed by atoms with E-state index in [-0.39, 0.29) is 5.91 Å². The molecule has 1 aromatic carbocycles. The molecule has 94 valence electrons. The largest absolute Gasteiger partial charge is 0.339 e. The monoisotopic (exact) mass is 317 g/mol. The van der Waals surface area contributed by atoms with Crippen molar-refractivity contribution >= 4 is 33.4 Å². The van der Waals surface area contributed by atoms with Gasteiger partial charge >= 0.3 is 0 Å². The van der Waals surface area contributed by atoms with Gasteiger partial charge in [0.15, 0.2) is 0 Å². The van der Waals surface area contributed by atoms with E-state index in [2.05, 4.69) is 15.9 Å². The first kappa shape index (κ1) is 14.5. The van der Waals surface area contributed by atoms with E-state index in [0.717, 1.165) is 22.0 Å². The van der Waals surface area contributed by atoms with Crippen molar-refractivity contribution in [3.8, 4) is 0 Å². The number of amides is 1. The zero-order valence-electron chi connectivity index (χ0n) is 10.2. The summed E-state index contributed by atoms with van der Waals surface area (Å²) in [5.41, 5.74) is 1.80. The number of hydrogen-bond acceptors (Lipinski definition) is 1. The minimum absolute atomic E-state index is 0.0631. The number of nitrogens with zero attached hydrogens (tertiary/aromatic N) is 1. The summed E-state index contributed by atoms with van der Waals surface area (Å²) in [4.78, 5) is 14.1. The van der Waals surface area contributed by atoms with Gasteiger partial charge in [0.1, 0.15) is 0 Å². The highest BCUT2D eigenvalue weighted by atomic mass is 79.9. The Morgan fingerprint density at radius 1 is 1.47 bits per heavy atom. The molecule has 0 unspecified atom stereocenters. The molecule has 0 N–H and O–H groups in total. The van der Waals surface area contributed by atoms with E-state index < -0.39 is 0 Å². The van der Waals surface area contributed by atoms with Gasteiger partial charge in [0, 0.05) is 23.4 Å². The SMILES string of the molecule is CCN(CCCCl)C(=O)c1cccc(C)c1Br. The number of carbonyl (C=O) groups is 1. The standard InChI is InChI=1S/C13H17BrClNO/c1-3-16(9-5-8-15)13(17)11-7-4-6-10(2)12(11)14/h4,6-7H,3,5,8-9H2,1-2H3. The predicted octanol–water partition coefficient (Wildman–Crippen LogP) is 3.85. The topological polar surface area (TPSA) is 20.3 Å². The van der Waals surface area contributed by atoms with Crippen LogP contribution in [0.5, 0.6) is 0 Å². The summed E-state index contributed by atoms with van der Waals surface area (Å²) in [5, 5.41) is 0. The zero-order chi connectivity index (χ0) is 12.8. The molecule has 17 heavy (non-hydrogen) atoms. The molecule has 0 atom stereocenters. The average molecular weight is 319 g/mol. The van der Waals surface area contributed by atoms with Crippen LogP contribution in [0.3, 0.4) is 0 Å². The first-order valence-corrected chi connectivity index (χ1v) is 7.05. The number of halogens is 2. The molecule has 2 nitrogen and oxygen atoms in total. The molecular weight excluding hydrogens is 302 g/mol. The van der Waals surface area contributed by atoms with Crippen LogP contribution in [-0.4, -0.2) is 29.8 Å². The first-order valence-electron chi connectivity index (χ1n) is 5.72. The van der Waals surface area contributed by atoms with Crippen molar-refractivity contribution in [2.24, 2.45) is 0 Å². The van der Waals surface area contributed by atoms with Crippen LogP contribution in [0.1, 0.15) is 29.3 Å². The smallest absolute Gasteiger partial charge is 0.254 e. The molecule has 0 radical (unpaired) electrons. The van der Waals surface area contributed by atoms with Crippen LogP contribution in [0.25, 0.3) is 0 Å². The van der Waals surface area contributed by atoms with E-state index in [1.807, 2.05) is 36.9 Å². The Bertz CT molecular complexity index is 395. The number of benzene rings is 1. The highest BCUT2D eigenvalue weighted by Gasteiger charge is 2.16. The van der Waals surface area contributed by atoms with E-state index in [4.69, 9.17) is 11.6 Å². The molecule has 0 aromatic heterocycles. The van der Waals surface area contributed by atoms with Crippen LogP contribution in [0.15, 0.2) is 22.7 Å².